The Labute approximate surface area is 164 Å². The summed E-state index contributed by atoms with van der Waals surface area (Å²) >= 11 is 6.18. The van der Waals surface area contributed by atoms with Gasteiger partial charge in [-0.1, -0.05) is 54.9 Å². The molecule has 0 bridgehead atoms. The average molecular weight is 380 g/mol. The second-order valence-corrected chi connectivity index (χ2v) is 7.58. The van der Waals surface area contributed by atoms with Crippen molar-refractivity contribution in [3.8, 4) is 16.9 Å². The summed E-state index contributed by atoms with van der Waals surface area (Å²) in [6.07, 6.45) is 2.09. The van der Waals surface area contributed by atoms with Crippen molar-refractivity contribution in [2.45, 2.75) is 19.8 Å². The number of halogens is 1. The van der Waals surface area contributed by atoms with Crippen molar-refractivity contribution in [3.63, 3.8) is 0 Å². The van der Waals surface area contributed by atoms with Crippen LogP contribution in [0.25, 0.3) is 16.9 Å². The first-order chi connectivity index (χ1) is 13.1. The fourth-order valence-corrected chi connectivity index (χ4v) is 3.65. The minimum Gasteiger partial charge on any atom is -0.337 e. The van der Waals surface area contributed by atoms with Crippen LogP contribution in [-0.2, 0) is 0 Å². The average Bonchev–Trinajstić information content (AvgIpc) is 3.14. The Morgan fingerprint density at radius 1 is 1.04 bits per heavy atom. The van der Waals surface area contributed by atoms with Crippen LogP contribution >= 0.6 is 11.6 Å². The van der Waals surface area contributed by atoms with E-state index in [1.165, 1.54) is 0 Å². The van der Waals surface area contributed by atoms with Gasteiger partial charge in [-0.05, 0) is 43.0 Å². The molecule has 1 saturated heterocycles. The highest BCUT2D eigenvalue weighted by Gasteiger charge is 2.25. The number of carbonyl (C=O) groups is 1. The lowest BCUT2D eigenvalue weighted by Crippen LogP contribution is -2.38. The maximum absolute atomic E-state index is 13.3. The molecule has 0 spiro atoms. The molecule has 1 amide bonds. The molecule has 1 aliphatic rings. The van der Waals surface area contributed by atoms with E-state index in [0.717, 1.165) is 42.9 Å². The Hall–Kier alpha value is -2.59. The van der Waals surface area contributed by atoms with Gasteiger partial charge in [0.15, 0.2) is 0 Å². The Bertz CT molecular complexity index is 943. The molecule has 0 atom stereocenters. The Kier molecular flexibility index (Phi) is 4.99. The van der Waals surface area contributed by atoms with E-state index in [2.05, 4.69) is 6.92 Å². The van der Waals surface area contributed by atoms with E-state index in [-0.39, 0.29) is 5.91 Å². The van der Waals surface area contributed by atoms with Gasteiger partial charge in [-0.15, -0.1) is 0 Å². The lowest BCUT2D eigenvalue weighted by atomic mass is 9.99. The Morgan fingerprint density at radius 3 is 2.48 bits per heavy atom. The first kappa shape index (κ1) is 17.8. The predicted octanol–water partition coefficient (Wildman–Crippen LogP) is 5.06. The van der Waals surface area contributed by atoms with Gasteiger partial charge in [-0.2, -0.15) is 5.10 Å². The van der Waals surface area contributed by atoms with Crippen LogP contribution in [0.15, 0.2) is 60.7 Å². The molecule has 3 aromatic rings. The van der Waals surface area contributed by atoms with Crippen LogP contribution in [-0.4, -0.2) is 33.7 Å². The molecule has 0 radical (unpaired) electrons. The molecule has 0 N–H and O–H groups in total. The molecule has 5 heteroatoms. The molecule has 4 rings (SSSR count). The van der Waals surface area contributed by atoms with Crippen LogP contribution in [0, 0.1) is 5.92 Å². The predicted molar refractivity (Wildman–Crippen MR) is 108 cm³/mol. The van der Waals surface area contributed by atoms with E-state index in [4.69, 9.17) is 16.7 Å². The van der Waals surface area contributed by atoms with Crippen molar-refractivity contribution >= 4 is 17.5 Å². The van der Waals surface area contributed by atoms with E-state index in [1.807, 2.05) is 65.6 Å². The molecule has 2 aromatic carbocycles. The van der Waals surface area contributed by atoms with Gasteiger partial charge in [-0.25, -0.2) is 4.68 Å². The monoisotopic (exact) mass is 379 g/mol. The highest BCUT2D eigenvalue weighted by atomic mass is 35.5. The summed E-state index contributed by atoms with van der Waals surface area (Å²) in [4.78, 5) is 15.2. The third-order valence-corrected chi connectivity index (χ3v) is 5.36. The van der Waals surface area contributed by atoms with Crippen LogP contribution in [0.1, 0.15) is 30.3 Å². The number of likely N-dealkylation sites (tertiary alicyclic amines) is 1. The number of benzene rings is 2. The third kappa shape index (κ3) is 3.76. The summed E-state index contributed by atoms with van der Waals surface area (Å²) < 4.78 is 1.72. The zero-order valence-corrected chi connectivity index (χ0v) is 16.1. The first-order valence-corrected chi connectivity index (χ1v) is 9.70. The molecule has 1 fully saturated rings. The molecule has 4 nitrogen and oxygen atoms in total. The summed E-state index contributed by atoms with van der Waals surface area (Å²) in [6, 6.07) is 19.3. The summed E-state index contributed by atoms with van der Waals surface area (Å²) in [5, 5.41) is 5.35. The summed E-state index contributed by atoms with van der Waals surface area (Å²) in [5.74, 6) is 0.698. The van der Waals surface area contributed by atoms with Crippen LogP contribution in [0.2, 0.25) is 5.02 Å². The highest BCUT2D eigenvalue weighted by molar-refractivity contribution is 6.30. The van der Waals surface area contributed by atoms with Gasteiger partial charge in [0.25, 0.3) is 5.91 Å². The van der Waals surface area contributed by atoms with E-state index < -0.39 is 0 Å². The van der Waals surface area contributed by atoms with Gasteiger partial charge in [0, 0.05) is 23.7 Å². The second kappa shape index (κ2) is 7.57. The number of nitrogens with zero attached hydrogens (tertiary/aromatic N) is 3. The van der Waals surface area contributed by atoms with Gasteiger partial charge in [0.05, 0.1) is 11.4 Å². The van der Waals surface area contributed by atoms with Gasteiger partial charge < -0.3 is 4.90 Å². The molecular formula is C22H22ClN3O. The normalized spacial score (nSPS) is 15.1. The van der Waals surface area contributed by atoms with Crippen molar-refractivity contribution in [1.82, 2.24) is 14.7 Å². The van der Waals surface area contributed by atoms with E-state index in [1.54, 1.807) is 4.68 Å². The Morgan fingerprint density at radius 2 is 1.78 bits per heavy atom. The highest BCUT2D eigenvalue weighted by Crippen LogP contribution is 2.25. The van der Waals surface area contributed by atoms with E-state index >= 15 is 0 Å². The second-order valence-electron chi connectivity index (χ2n) is 7.15. The number of hydrogen-bond acceptors (Lipinski definition) is 2. The minimum absolute atomic E-state index is 0.0246. The largest absolute Gasteiger partial charge is 0.337 e. The van der Waals surface area contributed by atoms with Gasteiger partial charge in [0.2, 0.25) is 0 Å². The van der Waals surface area contributed by atoms with Crippen LogP contribution < -0.4 is 0 Å². The molecule has 27 heavy (non-hydrogen) atoms. The third-order valence-electron chi connectivity index (χ3n) is 5.12. The lowest BCUT2D eigenvalue weighted by molar-refractivity contribution is 0.0688. The fraction of sp³-hybridized carbons (Fsp3) is 0.273. The standard InChI is InChI=1S/C22H22ClN3O/c1-16-10-12-25(13-11-16)22(27)21-15-20(17-6-3-2-4-7-17)24-26(21)19-9-5-8-18(23)14-19/h2-9,14-16H,10-13H2,1H3. The van der Waals surface area contributed by atoms with Gasteiger partial charge >= 0.3 is 0 Å². The van der Waals surface area contributed by atoms with E-state index in [9.17, 15) is 4.79 Å². The van der Waals surface area contributed by atoms with Crippen LogP contribution in [0.5, 0.6) is 0 Å². The van der Waals surface area contributed by atoms with E-state index in [0.29, 0.717) is 16.6 Å². The zero-order valence-electron chi connectivity index (χ0n) is 15.3. The maximum Gasteiger partial charge on any atom is 0.272 e. The summed E-state index contributed by atoms with van der Waals surface area (Å²) in [7, 11) is 0. The minimum atomic E-state index is 0.0246. The molecule has 0 saturated carbocycles. The molecule has 1 aliphatic heterocycles. The van der Waals surface area contributed by atoms with Crippen molar-refractivity contribution in [1.29, 1.82) is 0 Å². The first-order valence-electron chi connectivity index (χ1n) is 9.32. The number of amides is 1. The van der Waals surface area contributed by atoms with Crippen molar-refractivity contribution < 1.29 is 4.79 Å². The molecular weight excluding hydrogens is 358 g/mol. The van der Waals surface area contributed by atoms with Crippen molar-refractivity contribution in [3.05, 3.63) is 71.4 Å². The fourth-order valence-electron chi connectivity index (χ4n) is 3.46. The number of piperidine rings is 1. The zero-order chi connectivity index (χ0) is 18.8. The van der Waals surface area contributed by atoms with Crippen molar-refractivity contribution in [2.75, 3.05) is 13.1 Å². The molecule has 2 heterocycles. The molecule has 1 aromatic heterocycles. The van der Waals surface area contributed by atoms with Gasteiger partial charge in [0.1, 0.15) is 5.69 Å². The van der Waals surface area contributed by atoms with Crippen molar-refractivity contribution in [2.24, 2.45) is 5.92 Å². The van der Waals surface area contributed by atoms with Crippen LogP contribution in [0.4, 0.5) is 0 Å². The number of aromatic nitrogens is 2. The smallest absolute Gasteiger partial charge is 0.272 e. The quantitative estimate of drug-likeness (QED) is 0.637. The summed E-state index contributed by atoms with van der Waals surface area (Å²) in [5.41, 5.74) is 3.13. The summed E-state index contributed by atoms with van der Waals surface area (Å²) in [6.45, 7) is 3.83. The topological polar surface area (TPSA) is 38.1 Å². The SMILES string of the molecule is CC1CCN(C(=O)c2cc(-c3ccccc3)nn2-c2cccc(Cl)c2)CC1. The molecule has 0 unspecified atom stereocenters. The number of hydrogen-bond donors (Lipinski definition) is 0. The number of carbonyl (C=O) groups excluding carboxylic acids is 1. The number of rotatable bonds is 3. The Balaban J connectivity index is 1.76. The van der Waals surface area contributed by atoms with Gasteiger partial charge in [-0.3, -0.25) is 4.79 Å². The maximum atomic E-state index is 13.3. The van der Waals surface area contributed by atoms with Crippen LogP contribution in [0.3, 0.4) is 0 Å². The molecule has 138 valence electrons. The lowest BCUT2D eigenvalue weighted by Gasteiger charge is -2.30. The molecule has 0 aliphatic carbocycles.